The predicted molar refractivity (Wildman–Crippen MR) is 259 cm³/mol. The first-order valence-electron chi connectivity index (χ1n) is 24.7. The van der Waals surface area contributed by atoms with Gasteiger partial charge < -0.3 is 4.90 Å². The van der Waals surface area contributed by atoms with Crippen LogP contribution in [0.1, 0.15) is 167 Å². The maximum absolute atomic E-state index is 2.94. The average Bonchev–Trinajstić information content (AvgIpc) is 3.30. The quantitative estimate of drug-likeness (QED) is 0.171. The number of rotatable bonds is 10. The Morgan fingerprint density at radius 1 is 0.678 bits per heavy atom. The summed E-state index contributed by atoms with van der Waals surface area (Å²) in [5.41, 5.74) is 11.8. The molecule has 59 heavy (non-hydrogen) atoms. The lowest BCUT2D eigenvalue weighted by Crippen LogP contribution is -2.57. The highest BCUT2D eigenvalue weighted by atomic mass is 28.3. The number of allylic oxidation sites excluding steroid dienone is 13. The molecule has 2 fully saturated rings. The monoisotopic (exact) mass is 802 g/mol. The van der Waals surface area contributed by atoms with Crippen molar-refractivity contribution in [2.24, 2.45) is 17.8 Å². The summed E-state index contributed by atoms with van der Waals surface area (Å²) < 4.78 is 0. The van der Waals surface area contributed by atoms with Gasteiger partial charge in [-0.05, 0) is 183 Å². The van der Waals surface area contributed by atoms with E-state index in [1.54, 1.807) is 11.1 Å². The predicted octanol–water partition coefficient (Wildman–Crippen LogP) is 17.1. The van der Waals surface area contributed by atoms with Crippen molar-refractivity contribution in [3.05, 3.63) is 131 Å². The number of hydrogen-bond acceptors (Lipinski definition) is 1. The molecule has 0 radical (unpaired) electrons. The molecule has 5 atom stereocenters. The number of hydrogen-bond donors (Lipinski definition) is 0. The van der Waals surface area contributed by atoms with Crippen LogP contribution in [0.15, 0.2) is 120 Å². The van der Waals surface area contributed by atoms with E-state index in [9.17, 15) is 0 Å². The van der Waals surface area contributed by atoms with E-state index in [0.29, 0.717) is 16.6 Å². The summed E-state index contributed by atoms with van der Waals surface area (Å²) in [6.45, 7) is 7.81. The fraction of sp³-hybridized carbons (Fsp3) is 0.544. The summed E-state index contributed by atoms with van der Waals surface area (Å²) in [6, 6.07) is 20.0. The van der Waals surface area contributed by atoms with Crippen LogP contribution < -0.4 is 4.90 Å². The van der Waals surface area contributed by atoms with Crippen LogP contribution >= 0.6 is 0 Å². The van der Waals surface area contributed by atoms with Crippen LogP contribution in [-0.2, 0) is 0 Å². The molecule has 0 N–H and O–H groups in total. The minimum absolute atomic E-state index is 0.439. The Kier molecular flexibility index (Phi) is 12.7. The van der Waals surface area contributed by atoms with Crippen LogP contribution in [0.4, 0.5) is 11.4 Å². The topological polar surface area (TPSA) is 3.24 Å². The second-order valence-corrected chi connectivity index (χ2v) is 25.7. The average molecular weight is 802 g/mol. The van der Waals surface area contributed by atoms with Crippen molar-refractivity contribution in [3.8, 4) is 0 Å². The van der Waals surface area contributed by atoms with E-state index in [2.05, 4.69) is 135 Å². The van der Waals surface area contributed by atoms with Gasteiger partial charge in [-0.1, -0.05) is 149 Å². The Bertz CT molecular complexity index is 1990. The lowest BCUT2D eigenvalue weighted by Gasteiger charge is -2.59. The smallest absolute Gasteiger partial charge is 0.101 e. The summed E-state index contributed by atoms with van der Waals surface area (Å²) >= 11 is 0. The van der Waals surface area contributed by atoms with Gasteiger partial charge in [0, 0.05) is 17.4 Å². The van der Waals surface area contributed by atoms with Gasteiger partial charge in [0.25, 0.3) is 0 Å². The van der Waals surface area contributed by atoms with Crippen molar-refractivity contribution in [3.63, 3.8) is 0 Å². The van der Waals surface area contributed by atoms with Crippen molar-refractivity contribution in [2.45, 2.75) is 178 Å². The van der Waals surface area contributed by atoms with Gasteiger partial charge in [-0.15, -0.1) is 0 Å². The molecule has 0 saturated heterocycles. The van der Waals surface area contributed by atoms with Crippen LogP contribution in [0.2, 0.25) is 16.1 Å². The molecule has 2 aromatic rings. The Morgan fingerprint density at radius 2 is 1.53 bits per heavy atom. The number of nitrogens with zero attached hydrogens (tertiary/aromatic N) is 1. The summed E-state index contributed by atoms with van der Waals surface area (Å²) in [7, 11) is -2.09. The van der Waals surface area contributed by atoms with Crippen molar-refractivity contribution in [1.29, 1.82) is 0 Å². The summed E-state index contributed by atoms with van der Waals surface area (Å²) in [4.78, 5) is 2.75. The minimum atomic E-state index is -2.09. The number of benzene rings is 2. The van der Waals surface area contributed by atoms with Gasteiger partial charge in [0.05, 0.1) is 0 Å². The molecule has 0 aliphatic heterocycles. The van der Waals surface area contributed by atoms with Crippen LogP contribution in [0.5, 0.6) is 0 Å². The molecule has 0 aromatic heterocycles. The molecular formula is C57H75NSi. The lowest BCUT2D eigenvalue weighted by atomic mass is 9.78. The first-order valence-corrected chi connectivity index (χ1v) is 26.9. The second kappa shape index (κ2) is 18.3. The minimum Gasteiger partial charge on any atom is -0.338 e. The zero-order chi connectivity index (χ0) is 40.2. The third kappa shape index (κ3) is 8.48. The Balaban J connectivity index is 1.09. The molecule has 5 unspecified atom stereocenters. The second-order valence-electron chi connectivity index (χ2n) is 20.7. The standard InChI is InChI=1S/C57H75NSi/c1-43-25-35-55(36-26-43)59(54-22-11-6-12-23-54,57(3)39-37-44(2)38-40-57)56-24-14-20-50(42-56)49-19-13-21-53(41-49)58(51-31-27-47(28-32-51)45-15-7-4-8-16-45)52-33-29-48(30-34-52)46-17-9-5-10-18-46/h6-7,11,13,15-16,19,21-22,25,27-29,31-32,35,41-44,46,52,55-56H,4-5,8-10,12,14,17-18,20,23-24,26,30,33-34,36-40H2,1-3H3. The molecule has 7 aliphatic rings. The molecule has 2 aromatic carbocycles. The summed E-state index contributed by atoms with van der Waals surface area (Å²) in [5.74, 6) is 2.43. The third-order valence-electron chi connectivity index (χ3n) is 16.9. The normalized spacial score (nSPS) is 31.4. The maximum atomic E-state index is 2.94. The Labute approximate surface area is 360 Å². The van der Waals surface area contributed by atoms with Gasteiger partial charge in [0.2, 0.25) is 0 Å². The molecule has 2 heteroatoms. The van der Waals surface area contributed by atoms with Gasteiger partial charge in [-0.3, -0.25) is 0 Å². The fourth-order valence-corrected chi connectivity index (χ4v) is 21.9. The Hall–Kier alpha value is -3.36. The van der Waals surface area contributed by atoms with Gasteiger partial charge in [0.1, 0.15) is 8.07 Å². The molecule has 7 aliphatic carbocycles. The van der Waals surface area contributed by atoms with E-state index in [-0.39, 0.29) is 0 Å². The third-order valence-corrected chi connectivity index (χ3v) is 24.2. The fourth-order valence-electron chi connectivity index (χ4n) is 13.6. The SMILES string of the molecule is CC1C=CC([Si](C2=CC=CCC2)(C2C=C(c3cccc(N(c4ccc(C5=CCCC=C5)cc4)C4CC=C(C5CCCCC5)CC4)c3)CCC2)C2(C)CCC(C)CC2)CC1. The summed E-state index contributed by atoms with van der Waals surface area (Å²) in [6.07, 6.45) is 53.7. The van der Waals surface area contributed by atoms with Crippen molar-refractivity contribution in [1.82, 2.24) is 0 Å². The molecule has 9 rings (SSSR count). The summed E-state index contributed by atoms with van der Waals surface area (Å²) in [5, 5.41) is 2.36. The van der Waals surface area contributed by atoms with Gasteiger partial charge in [-0.2, -0.15) is 0 Å². The van der Waals surface area contributed by atoms with Gasteiger partial charge in [0.15, 0.2) is 0 Å². The van der Waals surface area contributed by atoms with E-state index < -0.39 is 8.07 Å². The van der Waals surface area contributed by atoms with Gasteiger partial charge >= 0.3 is 0 Å². The van der Waals surface area contributed by atoms with E-state index >= 15 is 0 Å². The molecular weight excluding hydrogens is 727 g/mol. The maximum Gasteiger partial charge on any atom is 0.101 e. The highest BCUT2D eigenvalue weighted by molar-refractivity contribution is 6.92. The molecule has 0 heterocycles. The van der Waals surface area contributed by atoms with Crippen LogP contribution in [0, 0.1) is 17.8 Å². The molecule has 0 amide bonds. The first kappa shape index (κ1) is 41.0. The number of anilines is 2. The lowest BCUT2D eigenvalue weighted by molar-refractivity contribution is 0.304. The molecule has 0 spiro atoms. The van der Waals surface area contributed by atoms with E-state index in [0.717, 1.165) is 42.6 Å². The van der Waals surface area contributed by atoms with Crippen molar-refractivity contribution < 1.29 is 0 Å². The molecule has 2 saturated carbocycles. The highest BCUT2D eigenvalue weighted by Crippen LogP contribution is 2.66. The molecule has 0 bridgehead atoms. The molecule has 312 valence electrons. The highest BCUT2D eigenvalue weighted by Gasteiger charge is 2.60. The zero-order valence-corrected chi connectivity index (χ0v) is 38.2. The van der Waals surface area contributed by atoms with Crippen LogP contribution in [0.25, 0.3) is 11.1 Å². The Morgan fingerprint density at radius 3 is 2.24 bits per heavy atom. The van der Waals surface area contributed by atoms with E-state index in [4.69, 9.17) is 0 Å². The zero-order valence-electron chi connectivity index (χ0n) is 37.2. The largest absolute Gasteiger partial charge is 0.338 e. The van der Waals surface area contributed by atoms with E-state index in [1.165, 1.54) is 144 Å². The van der Waals surface area contributed by atoms with Gasteiger partial charge in [-0.25, -0.2) is 0 Å². The van der Waals surface area contributed by atoms with Crippen LogP contribution in [-0.4, -0.2) is 14.1 Å². The van der Waals surface area contributed by atoms with E-state index in [1.807, 2.05) is 5.20 Å². The van der Waals surface area contributed by atoms with Crippen LogP contribution in [0.3, 0.4) is 0 Å². The first-order chi connectivity index (χ1) is 28.9. The molecule has 1 nitrogen and oxygen atoms in total. The van der Waals surface area contributed by atoms with Crippen molar-refractivity contribution in [2.75, 3.05) is 4.90 Å². The van der Waals surface area contributed by atoms with Crippen molar-refractivity contribution >= 4 is 30.6 Å².